The molecule has 0 aromatic rings. The summed E-state index contributed by atoms with van der Waals surface area (Å²) in [6.07, 6.45) is -0.316. The maximum atomic E-state index is 11.4. The molecule has 4 nitrogen and oxygen atoms in total. The molecule has 1 heterocycles. The molecule has 0 saturated carbocycles. The van der Waals surface area contributed by atoms with Crippen molar-refractivity contribution in [3.63, 3.8) is 0 Å². The highest BCUT2D eigenvalue weighted by Crippen LogP contribution is 2.15. The van der Waals surface area contributed by atoms with E-state index in [4.69, 9.17) is 10.5 Å². The molecule has 12 heavy (non-hydrogen) atoms. The molecule has 4 heteroatoms. The molecule has 0 aliphatic carbocycles. The first-order chi connectivity index (χ1) is 5.69. The molecular weight excluding hydrogens is 156 g/mol. The minimum Gasteiger partial charge on any atom is -0.372 e. The minimum atomic E-state index is -0.316. The lowest BCUT2D eigenvalue weighted by Gasteiger charge is -2.39. The van der Waals surface area contributed by atoms with Gasteiger partial charge in [0, 0.05) is 26.1 Å². The smallest absolute Gasteiger partial charge is 0.251 e. The highest BCUT2D eigenvalue weighted by Gasteiger charge is 2.31. The average molecular weight is 172 g/mol. The molecule has 0 aromatic carbocycles. The largest absolute Gasteiger partial charge is 0.372 e. The molecule has 1 atom stereocenters. The van der Waals surface area contributed by atoms with Crippen LogP contribution in [0.2, 0.25) is 0 Å². The summed E-state index contributed by atoms with van der Waals surface area (Å²) in [5.74, 6) is 0.570. The summed E-state index contributed by atoms with van der Waals surface area (Å²) in [6.45, 7) is 4.02. The molecule has 1 amide bonds. The number of carbonyl (C=O) groups excluding carboxylic acids is 1. The maximum Gasteiger partial charge on any atom is 0.251 e. The molecule has 1 rings (SSSR count). The van der Waals surface area contributed by atoms with Gasteiger partial charge >= 0.3 is 0 Å². The maximum absolute atomic E-state index is 11.4. The van der Waals surface area contributed by atoms with Crippen molar-refractivity contribution >= 4 is 5.91 Å². The Morgan fingerprint density at radius 2 is 2.33 bits per heavy atom. The first-order valence-electron chi connectivity index (χ1n) is 4.20. The molecule has 70 valence electrons. The van der Waals surface area contributed by atoms with E-state index in [0.717, 1.165) is 13.1 Å². The van der Waals surface area contributed by atoms with E-state index in [1.807, 2.05) is 0 Å². The summed E-state index contributed by atoms with van der Waals surface area (Å²) >= 11 is 0. The van der Waals surface area contributed by atoms with E-state index in [2.05, 4.69) is 0 Å². The van der Waals surface area contributed by atoms with Crippen LogP contribution in [0.25, 0.3) is 0 Å². The SMILES string of the molecule is COC(C)C(=O)N1CC(CN)C1. The fourth-order valence-electron chi connectivity index (χ4n) is 1.26. The van der Waals surface area contributed by atoms with Crippen LogP contribution < -0.4 is 5.73 Å². The third kappa shape index (κ3) is 1.76. The lowest BCUT2D eigenvalue weighted by molar-refractivity contribution is -0.147. The highest BCUT2D eigenvalue weighted by atomic mass is 16.5. The Bertz CT molecular complexity index is 166. The molecule has 0 spiro atoms. The standard InChI is InChI=1S/C8H16N2O2/c1-6(12-2)8(11)10-4-7(3-9)5-10/h6-7H,3-5,9H2,1-2H3. The number of carbonyl (C=O) groups is 1. The quantitative estimate of drug-likeness (QED) is 0.620. The van der Waals surface area contributed by atoms with E-state index in [9.17, 15) is 4.79 Å². The normalized spacial score (nSPS) is 20.4. The number of hydrogen-bond acceptors (Lipinski definition) is 3. The fourth-order valence-corrected chi connectivity index (χ4v) is 1.26. The van der Waals surface area contributed by atoms with Crippen molar-refractivity contribution in [2.24, 2.45) is 11.7 Å². The summed E-state index contributed by atoms with van der Waals surface area (Å²) in [5, 5.41) is 0. The number of nitrogens with zero attached hydrogens (tertiary/aromatic N) is 1. The zero-order chi connectivity index (χ0) is 9.14. The lowest BCUT2D eigenvalue weighted by atomic mass is 10.00. The topological polar surface area (TPSA) is 55.6 Å². The summed E-state index contributed by atoms with van der Waals surface area (Å²) in [7, 11) is 1.54. The number of methoxy groups -OCH3 is 1. The average Bonchev–Trinajstić information content (AvgIpc) is 2.01. The molecule has 1 saturated heterocycles. The number of nitrogens with two attached hydrogens (primary N) is 1. The van der Waals surface area contributed by atoms with Gasteiger partial charge in [0.1, 0.15) is 6.10 Å². The van der Waals surface area contributed by atoms with Crippen molar-refractivity contribution in [1.29, 1.82) is 0 Å². The fraction of sp³-hybridized carbons (Fsp3) is 0.875. The summed E-state index contributed by atoms with van der Waals surface area (Å²) in [4.78, 5) is 13.2. The second-order valence-corrected chi connectivity index (χ2v) is 3.22. The van der Waals surface area contributed by atoms with Crippen molar-refractivity contribution in [1.82, 2.24) is 4.90 Å². The van der Waals surface area contributed by atoms with Crippen molar-refractivity contribution in [3.05, 3.63) is 0 Å². The molecule has 0 aromatic heterocycles. The van der Waals surface area contributed by atoms with E-state index in [0.29, 0.717) is 12.5 Å². The van der Waals surface area contributed by atoms with E-state index in [1.54, 1.807) is 18.9 Å². The molecule has 1 unspecified atom stereocenters. The summed E-state index contributed by atoms with van der Waals surface area (Å²) in [6, 6.07) is 0. The Morgan fingerprint density at radius 1 is 1.75 bits per heavy atom. The van der Waals surface area contributed by atoms with Gasteiger partial charge < -0.3 is 15.4 Å². The predicted molar refractivity (Wildman–Crippen MR) is 45.6 cm³/mol. The van der Waals surface area contributed by atoms with E-state index in [-0.39, 0.29) is 12.0 Å². The Hall–Kier alpha value is -0.610. The van der Waals surface area contributed by atoms with Gasteiger partial charge in [-0.1, -0.05) is 0 Å². The third-order valence-electron chi connectivity index (χ3n) is 2.30. The molecule has 1 aliphatic heterocycles. The zero-order valence-electron chi connectivity index (χ0n) is 7.62. The molecule has 0 bridgehead atoms. The van der Waals surface area contributed by atoms with Crippen LogP contribution in [-0.2, 0) is 9.53 Å². The van der Waals surface area contributed by atoms with Gasteiger partial charge in [0.25, 0.3) is 5.91 Å². The Kier molecular flexibility index (Phi) is 3.05. The van der Waals surface area contributed by atoms with Crippen LogP contribution in [0.5, 0.6) is 0 Å². The van der Waals surface area contributed by atoms with Crippen molar-refractivity contribution in [2.45, 2.75) is 13.0 Å². The van der Waals surface area contributed by atoms with E-state index >= 15 is 0 Å². The van der Waals surface area contributed by atoms with Gasteiger partial charge in [-0.2, -0.15) is 0 Å². The number of amides is 1. The van der Waals surface area contributed by atoms with Crippen molar-refractivity contribution < 1.29 is 9.53 Å². The number of ether oxygens (including phenoxy) is 1. The number of rotatable bonds is 3. The van der Waals surface area contributed by atoms with Crippen LogP contribution in [-0.4, -0.2) is 43.7 Å². The molecule has 0 radical (unpaired) electrons. The Morgan fingerprint density at radius 3 is 2.75 bits per heavy atom. The van der Waals surface area contributed by atoms with Crippen molar-refractivity contribution in [3.8, 4) is 0 Å². The van der Waals surface area contributed by atoms with Gasteiger partial charge in [0.2, 0.25) is 0 Å². The van der Waals surface area contributed by atoms with Crippen LogP contribution >= 0.6 is 0 Å². The zero-order valence-corrected chi connectivity index (χ0v) is 7.62. The van der Waals surface area contributed by atoms with Gasteiger partial charge in [-0.25, -0.2) is 0 Å². The highest BCUT2D eigenvalue weighted by molar-refractivity contribution is 5.81. The van der Waals surface area contributed by atoms with Crippen LogP contribution in [0, 0.1) is 5.92 Å². The number of hydrogen-bond donors (Lipinski definition) is 1. The molecule has 2 N–H and O–H groups in total. The van der Waals surface area contributed by atoms with Gasteiger partial charge in [0.05, 0.1) is 0 Å². The minimum absolute atomic E-state index is 0.0715. The van der Waals surface area contributed by atoms with Crippen molar-refractivity contribution in [2.75, 3.05) is 26.7 Å². The van der Waals surface area contributed by atoms with Gasteiger partial charge in [-0.15, -0.1) is 0 Å². The first-order valence-corrected chi connectivity index (χ1v) is 4.20. The number of likely N-dealkylation sites (tertiary alicyclic amines) is 1. The van der Waals surface area contributed by atoms with Gasteiger partial charge in [-0.3, -0.25) is 4.79 Å². The van der Waals surface area contributed by atoms with Crippen LogP contribution in [0.15, 0.2) is 0 Å². The van der Waals surface area contributed by atoms with Crippen LogP contribution in [0.1, 0.15) is 6.92 Å². The molecule has 1 fully saturated rings. The summed E-state index contributed by atoms with van der Waals surface area (Å²) in [5.41, 5.74) is 5.44. The third-order valence-corrected chi connectivity index (χ3v) is 2.30. The van der Waals surface area contributed by atoms with Gasteiger partial charge in [-0.05, 0) is 13.5 Å². The second-order valence-electron chi connectivity index (χ2n) is 3.22. The molecular formula is C8H16N2O2. The first kappa shape index (κ1) is 9.48. The Balaban J connectivity index is 2.28. The van der Waals surface area contributed by atoms with Crippen LogP contribution in [0.3, 0.4) is 0 Å². The second kappa shape index (κ2) is 3.87. The lowest BCUT2D eigenvalue weighted by Crippen LogP contribution is -2.55. The monoisotopic (exact) mass is 172 g/mol. The predicted octanol–water partition coefficient (Wildman–Crippen LogP) is -0.562. The summed E-state index contributed by atoms with van der Waals surface area (Å²) < 4.78 is 4.92. The van der Waals surface area contributed by atoms with Gasteiger partial charge in [0.15, 0.2) is 0 Å². The van der Waals surface area contributed by atoms with Crippen LogP contribution in [0.4, 0.5) is 0 Å². The van der Waals surface area contributed by atoms with E-state index in [1.165, 1.54) is 0 Å². The molecule has 1 aliphatic rings. The van der Waals surface area contributed by atoms with E-state index < -0.39 is 0 Å². The Labute approximate surface area is 72.7 Å².